The van der Waals surface area contributed by atoms with E-state index in [-0.39, 0.29) is 17.4 Å². The van der Waals surface area contributed by atoms with Crippen LogP contribution in [0, 0.1) is 16.7 Å². The summed E-state index contributed by atoms with van der Waals surface area (Å²) in [6.07, 6.45) is 3.22. The molecule has 2 aliphatic rings. The highest BCUT2D eigenvalue weighted by Gasteiger charge is 2.60. The number of thiazole rings is 1. The number of nitrogens with one attached hydrogen (secondary N) is 1. The number of hydrazone groups is 1. The van der Waals surface area contributed by atoms with Gasteiger partial charge in [-0.15, -0.1) is 11.3 Å². The lowest BCUT2D eigenvalue weighted by Gasteiger charge is -2.34. The predicted molar refractivity (Wildman–Crippen MR) is 118 cm³/mol. The SMILES string of the molecule is CC12CCC(CC1=NNC(=O)COC(=O)c1ccc(OCc3cscn3)cc1)C2(C)C. The summed E-state index contributed by atoms with van der Waals surface area (Å²) < 4.78 is 10.7. The molecule has 2 unspecified atom stereocenters. The van der Waals surface area contributed by atoms with Gasteiger partial charge in [0, 0.05) is 16.5 Å². The van der Waals surface area contributed by atoms with Gasteiger partial charge in [0.05, 0.1) is 16.8 Å². The van der Waals surface area contributed by atoms with Gasteiger partial charge in [-0.05, 0) is 54.9 Å². The Labute approximate surface area is 185 Å². The van der Waals surface area contributed by atoms with Crippen molar-refractivity contribution in [1.82, 2.24) is 10.4 Å². The van der Waals surface area contributed by atoms with Crippen LogP contribution in [-0.4, -0.2) is 29.2 Å². The molecular weight excluding hydrogens is 414 g/mol. The van der Waals surface area contributed by atoms with Crippen LogP contribution in [0.1, 0.15) is 56.1 Å². The summed E-state index contributed by atoms with van der Waals surface area (Å²) in [7, 11) is 0. The Balaban J connectivity index is 1.24. The average Bonchev–Trinajstić information content (AvgIpc) is 3.41. The molecule has 2 aliphatic carbocycles. The molecule has 0 spiro atoms. The third kappa shape index (κ3) is 4.21. The first-order chi connectivity index (χ1) is 14.8. The quantitative estimate of drug-likeness (QED) is 0.514. The highest BCUT2D eigenvalue weighted by atomic mass is 32.1. The van der Waals surface area contributed by atoms with E-state index in [1.54, 1.807) is 29.8 Å². The van der Waals surface area contributed by atoms with E-state index in [0.717, 1.165) is 24.2 Å². The zero-order valence-corrected chi connectivity index (χ0v) is 18.8. The van der Waals surface area contributed by atoms with Gasteiger partial charge >= 0.3 is 5.97 Å². The molecule has 1 amide bonds. The molecule has 4 rings (SSSR count). The van der Waals surface area contributed by atoms with Gasteiger partial charge < -0.3 is 9.47 Å². The van der Waals surface area contributed by atoms with E-state index >= 15 is 0 Å². The minimum atomic E-state index is -0.568. The first-order valence-electron chi connectivity index (χ1n) is 10.4. The normalized spacial score (nSPS) is 24.9. The van der Waals surface area contributed by atoms with Crippen LogP contribution in [0.5, 0.6) is 5.75 Å². The Morgan fingerprint density at radius 1 is 1.26 bits per heavy atom. The molecule has 164 valence electrons. The fraction of sp³-hybridized carbons (Fsp3) is 0.478. The van der Waals surface area contributed by atoms with E-state index in [4.69, 9.17) is 9.47 Å². The topological polar surface area (TPSA) is 89.9 Å². The molecular formula is C23H27N3O4S. The molecule has 2 saturated carbocycles. The smallest absolute Gasteiger partial charge is 0.338 e. The monoisotopic (exact) mass is 441 g/mol. The van der Waals surface area contributed by atoms with Crippen molar-refractivity contribution in [1.29, 1.82) is 0 Å². The maximum atomic E-state index is 12.2. The predicted octanol–water partition coefficient (Wildman–Crippen LogP) is 4.20. The molecule has 7 nitrogen and oxygen atoms in total. The van der Waals surface area contributed by atoms with Crippen LogP contribution in [0.25, 0.3) is 0 Å². The number of carbonyl (C=O) groups is 2. The van der Waals surface area contributed by atoms with Gasteiger partial charge in [0.25, 0.3) is 5.91 Å². The average molecular weight is 442 g/mol. The number of rotatable bonds is 7. The van der Waals surface area contributed by atoms with Crippen LogP contribution in [0.15, 0.2) is 40.3 Å². The van der Waals surface area contributed by atoms with Crippen LogP contribution in [0.2, 0.25) is 0 Å². The summed E-state index contributed by atoms with van der Waals surface area (Å²) in [5.74, 6) is 0.231. The minimum Gasteiger partial charge on any atom is -0.487 e. The number of esters is 1. The lowest BCUT2D eigenvalue weighted by molar-refractivity contribution is -0.124. The standard InChI is InChI=1S/C23H27N3O4S/c1-22(2)16-8-9-23(22,3)19(10-16)25-26-20(27)12-30-21(28)15-4-6-18(7-5-15)29-11-17-13-31-14-24-17/h4-7,13-14,16H,8-12H2,1-3H3,(H,26,27). The van der Waals surface area contributed by atoms with Gasteiger partial charge in [-0.2, -0.15) is 5.10 Å². The number of carbonyl (C=O) groups excluding carboxylic acids is 2. The second-order valence-electron chi connectivity index (χ2n) is 8.96. The molecule has 1 aromatic heterocycles. The molecule has 2 aromatic rings. The number of hydrogen-bond donors (Lipinski definition) is 1. The van der Waals surface area contributed by atoms with E-state index in [0.29, 0.717) is 23.8 Å². The van der Waals surface area contributed by atoms with Crippen molar-refractivity contribution >= 4 is 28.9 Å². The van der Waals surface area contributed by atoms with Gasteiger partial charge in [-0.1, -0.05) is 20.8 Å². The van der Waals surface area contributed by atoms with E-state index in [2.05, 4.69) is 36.3 Å². The van der Waals surface area contributed by atoms with Crippen molar-refractivity contribution < 1.29 is 19.1 Å². The van der Waals surface area contributed by atoms with E-state index in [9.17, 15) is 9.59 Å². The Hall–Kier alpha value is -2.74. The molecule has 0 saturated heterocycles. The molecule has 1 heterocycles. The molecule has 0 aliphatic heterocycles. The first kappa shape index (κ1) is 21.5. The number of fused-ring (bicyclic) bond motifs is 2. The van der Waals surface area contributed by atoms with Crippen molar-refractivity contribution in [2.75, 3.05) is 6.61 Å². The van der Waals surface area contributed by atoms with Gasteiger partial charge in [-0.3, -0.25) is 4.79 Å². The number of ether oxygens (including phenoxy) is 2. The Morgan fingerprint density at radius 3 is 2.65 bits per heavy atom. The number of nitrogens with zero attached hydrogens (tertiary/aromatic N) is 2. The van der Waals surface area contributed by atoms with Gasteiger partial charge in [0.15, 0.2) is 6.61 Å². The van der Waals surface area contributed by atoms with Crippen LogP contribution >= 0.6 is 11.3 Å². The molecule has 1 N–H and O–H groups in total. The summed E-state index contributed by atoms with van der Waals surface area (Å²) >= 11 is 1.51. The summed E-state index contributed by atoms with van der Waals surface area (Å²) in [6, 6.07) is 6.59. The van der Waals surface area contributed by atoms with Crippen molar-refractivity contribution in [3.05, 3.63) is 46.4 Å². The lowest BCUT2D eigenvalue weighted by Crippen LogP contribution is -2.34. The molecule has 0 radical (unpaired) electrons. The number of benzene rings is 1. The first-order valence-corrected chi connectivity index (χ1v) is 11.4. The number of aromatic nitrogens is 1. The van der Waals surface area contributed by atoms with Crippen molar-refractivity contribution in [3.8, 4) is 5.75 Å². The fourth-order valence-electron chi connectivity index (χ4n) is 4.63. The molecule has 2 fully saturated rings. The van der Waals surface area contributed by atoms with Crippen molar-refractivity contribution in [3.63, 3.8) is 0 Å². The molecule has 1 aromatic carbocycles. The Kier molecular flexibility index (Phi) is 5.83. The third-order valence-corrected chi connectivity index (χ3v) is 7.76. The zero-order valence-electron chi connectivity index (χ0n) is 18.0. The molecule has 2 atom stereocenters. The van der Waals surface area contributed by atoms with Crippen LogP contribution in [0.3, 0.4) is 0 Å². The highest BCUT2D eigenvalue weighted by Crippen LogP contribution is 2.63. The van der Waals surface area contributed by atoms with E-state index in [1.165, 1.54) is 17.8 Å². The second-order valence-corrected chi connectivity index (χ2v) is 9.67. The van der Waals surface area contributed by atoms with E-state index in [1.807, 2.05) is 5.38 Å². The second kappa shape index (κ2) is 8.42. The van der Waals surface area contributed by atoms with Crippen LogP contribution in [-0.2, 0) is 16.1 Å². The summed E-state index contributed by atoms with van der Waals surface area (Å²) in [5, 5.41) is 6.30. The fourth-order valence-corrected chi connectivity index (χ4v) is 5.17. The minimum absolute atomic E-state index is 0.0188. The van der Waals surface area contributed by atoms with Gasteiger partial charge in [0.2, 0.25) is 0 Å². The largest absolute Gasteiger partial charge is 0.487 e. The summed E-state index contributed by atoms with van der Waals surface area (Å²) in [4.78, 5) is 28.5. The molecule has 8 heteroatoms. The molecule has 31 heavy (non-hydrogen) atoms. The highest BCUT2D eigenvalue weighted by molar-refractivity contribution is 7.07. The summed E-state index contributed by atoms with van der Waals surface area (Å²) in [6.45, 7) is 6.79. The van der Waals surface area contributed by atoms with Crippen molar-refractivity contribution in [2.24, 2.45) is 21.8 Å². The Bertz CT molecular complexity index is 985. The molecule has 2 bridgehead atoms. The van der Waals surface area contributed by atoms with Crippen LogP contribution < -0.4 is 10.2 Å². The van der Waals surface area contributed by atoms with E-state index < -0.39 is 11.9 Å². The Morgan fingerprint density at radius 2 is 2.03 bits per heavy atom. The van der Waals surface area contributed by atoms with Crippen LogP contribution in [0.4, 0.5) is 0 Å². The third-order valence-electron chi connectivity index (χ3n) is 7.12. The van der Waals surface area contributed by atoms with Gasteiger partial charge in [0.1, 0.15) is 12.4 Å². The lowest BCUT2D eigenvalue weighted by atomic mass is 9.70. The van der Waals surface area contributed by atoms with Crippen molar-refractivity contribution in [2.45, 2.75) is 46.6 Å². The number of hydrogen-bond acceptors (Lipinski definition) is 7. The summed E-state index contributed by atoms with van der Waals surface area (Å²) in [5.41, 5.74) is 6.77. The number of amides is 1. The van der Waals surface area contributed by atoms with Gasteiger partial charge in [-0.25, -0.2) is 15.2 Å². The maximum Gasteiger partial charge on any atom is 0.338 e. The maximum absolute atomic E-state index is 12.2. The zero-order chi connectivity index (χ0) is 22.1.